The molecular weight excluding hydrogens is 246 g/mol. The Morgan fingerprint density at radius 2 is 1.75 bits per heavy atom. The predicted octanol–water partition coefficient (Wildman–Crippen LogP) is 4.18. The van der Waals surface area contributed by atoms with E-state index in [0.717, 1.165) is 17.7 Å². The number of rotatable bonds is 4. The van der Waals surface area contributed by atoms with Crippen LogP contribution < -0.4 is 5.32 Å². The highest BCUT2D eigenvalue weighted by Crippen LogP contribution is 2.15. The van der Waals surface area contributed by atoms with E-state index in [0.29, 0.717) is 6.42 Å². The van der Waals surface area contributed by atoms with Crippen molar-refractivity contribution in [3.8, 4) is 0 Å². The van der Waals surface area contributed by atoms with Crippen molar-refractivity contribution in [2.45, 2.75) is 33.6 Å². The number of nitrogens with one attached hydrogen (secondary N) is 1. The summed E-state index contributed by atoms with van der Waals surface area (Å²) in [5.74, 6) is 0.0688. The molecule has 0 aliphatic carbocycles. The lowest BCUT2D eigenvalue weighted by Crippen LogP contribution is -2.13. The van der Waals surface area contributed by atoms with Gasteiger partial charge in [-0.15, -0.1) is 0 Å². The Balaban J connectivity index is 1.94. The van der Waals surface area contributed by atoms with E-state index in [-0.39, 0.29) is 5.91 Å². The van der Waals surface area contributed by atoms with Crippen LogP contribution in [0.2, 0.25) is 0 Å². The Hall–Kier alpha value is -2.09. The van der Waals surface area contributed by atoms with E-state index in [2.05, 4.69) is 37.4 Å². The molecule has 1 amide bonds. The van der Waals surface area contributed by atoms with E-state index in [1.54, 1.807) is 0 Å². The third-order valence-corrected chi connectivity index (χ3v) is 3.54. The Kier molecular flexibility index (Phi) is 4.57. The van der Waals surface area contributed by atoms with E-state index < -0.39 is 0 Å². The lowest BCUT2D eigenvalue weighted by molar-refractivity contribution is -0.116. The van der Waals surface area contributed by atoms with E-state index in [4.69, 9.17) is 0 Å². The SMILES string of the molecule is Cc1ccc(CCC(=O)Nc2ccccc2C)c(C)c1. The van der Waals surface area contributed by atoms with Crippen molar-refractivity contribution in [2.75, 3.05) is 5.32 Å². The third kappa shape index (κ3) is 3.70. The number of hydrogen-bond acceptors (Lipinski definition) is 1. The molecule has 1 N–H and O–H groups in total. The zero-order chi connectivity index (χ0) is 14.5. The first kappa shape index (κ1) is 14.3. The van der Waals surface area contributed by atoms with E-state index in [9.17, 15) is 4.79 Å². The average molecular weight is 267 g/mol. The van der Waals surface area contributed by atoms with Crippen LogP contribution >= 0.6 is 0 Å². The summed E-state index contributed by atoms with van der Waals surface area (Å²) in [4.78, 5) is 12.0. The average Bonchev–Trinajstić information content (AvgIpc) is 2.40. The number of para-hydroxylation sites is 1. The number of amides is 1. The molecular formula is C18H21NO. The number of carbonyl (C=O) groups excluding carboxylic acids is 1. The Labute approximate surface area is 120 Å². The van der Waals surface area contributed by atoms with Gasteiger partial charge in [-0.05, 0) is 49.9 Å². The second-order valence-corrected chi connectivity index (χ2v) is 5.29. The van der Waals surface area contributed by atoms with E-state index in [1.165, 1.54) is 16.7 Å². The van der Waals surface area contributed by atoms with Crippen LogP contribution in [0.5, 0.6) is 0 Å². The van der Waals surface area contributed by atoms with Gasteiger partial charge in [0, 0.05) is 12.1 Å². The Bertz CT molecular complexity index is 617. The number of hydrogen-bond donors (Lipinski definition) is 1. The van der Waals surface area contributed by atoms with Gasteiger partial charge in [0.2, 0.25) is 5.91 Å². The second-order valence-electron chi connectivity index (χ2n) is 5.29. The van der Waals surface area contributed by atoms with E-state index in [1.807, 2.05) is 31.2 Å². The molecule has 0 bridgehead atoms. The minimum Gasteiger partial charge on any atom is -0.326 e. The summed E-state index contributed by atoms with van der Waals surface area (Å²) in [6.45, 7) is 6.18. The minimum atomic E-state index is 0.0688. The quantitative estimate of drug-likeness (QED) is 0.884. The first-order valence-electron chi connectivity index (χ1n) is 6.98. The summed E-state index contributed by atoms with van der Waals surface area (Å²) in [6.07, 6.45) is 1.29. The largest absolute Gasteiger partial charge is 0.326 e. The molecule has 0 radical (unpaired) electrons. The maximum Gasteiger partial charge on any atom is 0.224 e. The summed E-state index contributed by atoms with van der Waals surface area (Å²) >= 11 is 0. The summed E-state index contributed by atoms with van der Waals surface area (Å²) in [5, 5.41) is 2.97. The van der Waals surface area contributed by atoms with Gasteiger partial charge < -0.3 is 5.32 Å². The van der Waals surface area contributed by atoms with Crippen molar-refractivity contribution < 1.29 is 4.79 Å². The standard InChI is InChI=1S/C18H21NO/c1-13-8-9-16(15(3)12-13)10-11-18(20)19-17-7-5-4-6-14(17)2/h4-9,12H,10-11H2,1-3H3,(H,19,20). The summed E-state index contributed by atoms with van der Waals surface area (Å²) in [6, 6.07) is 14.2. The minimum absolute atomic E-state index is 0.0688. The van der Waals surface area contributed by atoms with Crippen LogP contribution in [0.1, 0.15) is 28.7 Å². The maximum atomic E-state index is 12.0. The van der Waals surface area contributed by atoms with Gasteiger partial charge in [-0.1, -0.05) is 42.0 Å². The molecule has 0 heterocycles. The molecule has 0 aromatic heterocycles. The van der Waals surface area contributed by atoms with Crippen LogP contribution in [0, 0.1) is 20.8 Å². The highest BCUT2D eigenvalue weighted by molar-refractivity contribution is 5.91. The molecule has 0 aliphatic heterocycles. The fourth-order valence-electron chi connectivity index (χ4n) is 2.30. The highest BCUT2D eigenvalue weighted by Gasteiger charge is 2.06. The smallest absolute Gasteiger partial charge is 0.224 e. The molecule has 0 saturated carbocycles. The zero-order valence-corrected chi connectivity index (χ0v) is 12.4. The zero-order valence-electron chi connectivity index (χ0n) is 12.4. The van der Waals surface area contributed by atoms with Crippen molar-refractivity contribution in [2.24, 2.45) is 0 Å². The van der Waals surface area contributed by atoms with Crippen molar-refractivity contribution in [1.29, 1.82) is 0 Å². The van der Waals surface area contributed by atoms with Gasteiger partial charge in [0.25, 0.3) is 0 Å². The van der Waals surface area contributed by atoms with Gasteiger partial charge in [-0.25, -0.2) is 0 Å². The second kappa shape index (κ2) is 6.38. The van der Waals surface area contributed by atoms with Gasteiger partial charge in [0.1, 0.15) is 0 Å². The number of aryl methyl sites for hydroxylation is 4. The van der Waals surface area contributed by atoms with Crippen molar-refractivity contribution in [1.82, 2.24) is 0 Å². The normalized spacial score (nSPS) is 10.3. The van der Waals surface area contributed by atoms with Gasteiger partial charge >= 0.3 is 0 Å². The highest BCUT2D eigenvalue weighted by atomic mass is 16.1. The monoisotopic (exact) mass is 267 g/mol. The summed E-state index contributed by atoms with van der Waals surface area (Å²) in [5.41, 5.74) is 5.75. The molecule has 20 heavy (non-hydrogen) atoms. The molecule has 0 saturated heterocycles. The Morgan fingerprint density at radius 3 is 2.45 bits per heavy atom. The van der Waals surface area contributed by atoms with E-state index >= 15 is 0 Å². The van der Waals surface area contributed by atoms with Gasteiger partial charge in [0.05, 0.1) is 0 Å². The molecule has 0 spiro atoms. The first-order valence-corrected chi connectivity index (χ1v) is 6.98. The lowest BCUT2D eigenvalue weighted by Gasteiger charge is -2.09. The molecule has 0 atom stereocenters. The van der Waals surface area contributed by atoms with Crippen LogP contribution in [0.4, 0.5) is 5.69 Å². The fraction of sp³-hybridized carbons (Fsp3) is 0.278. The maximum absolute atomic E-state index is 12.0. The lowest BCUT2D eigenvalue weighted by atomic mass is 10.0. The van der Waals surface area contributed by atoms with Crippen molar-refractivity contribution >= 4 is 11.6 Å². The molecule has 104 valence electrons. The molecule has 0 unspecified atom stereocenters. The number of benzene rings is 2. The van der Waals surface area contributed by atoms with Gasteiger partial charge in [-0.2, -0.15) is 0 Å². The summed E-state index contributed by atoms with van der Waals surface area (Å²) in [7, 11) is 0. The molecule has 0 aliphatic rings. The predicted molar refractivity (Wildman–Crippen MR) is 84.0 cm³/mol. The number of anilines is 1. The van der Waals surface area contributed by atoms with Crippen LogP contribution in [-0.4, -0.2) is 5.91 Å². The molecule has 2 nitrogen and oxygen atoms in total. The van der Waals surface area contributed by atoms with Crippen molar-refractivity contribution in [3.05, 3.63) is 64.7 Å². The van der Waals surface area contributed by atoms with Gasteiger partial charge in [-0.3, -0.25) is 4.79 Å². The third-order valence-electron chi connectivity index (χ3n) is 3.54. The number of carbonyl (C=O) groups is 1. The molecule has 2 heteroatoms. The van der Waals surface area contributed by atoms with Crippen LogP contribution in [0.25, 0.3) is 0 Å². The van der Waals surface area contributed by atoms with Crippen LogP contribution in [0.3, 0.4) is 0 Å². The molecule has 2 aromatic carbocycles. The molecule has 2 aromatic rings. The van der Waals surface area contributed by atoms with Crippen LogP contribution in [-0.2, 0) is 11.2 Å². The van der Waals surface area contributed by atoms with Crippen molar-refractivity contribution in [3.63, 3.8) is 0 Å². The van der Waals surface area contributed by atoms with Crippen LogP contribution in [0.15, 0.2) is 42.5 Å². The summed E-state index contributed by atoms with van der Waals surface area (Å²) < 4.78 is 0. The molecule has 0 fully saturated rings. The molecule has 2 rings (SSSR count). The van der Waals surface area contributed by atoms with Gasteiger partial charge in [0.15, 0.2) is 0 Å². The first-order chi connectivity index (χ1) is 9.56. The fourth-order valence-corrected chi connectivity index (χ4v) is 2.30. The Morgan fingerprint density at radius 1 is 1.00 bits per heavy atom. The topological polar surface area (TPSA) is 29.1 Å².